The van der Waals surface area contributed by atoms with Crippen LogP contribution in [0.4, 0.5) is 10.5 Å². The fourth-order valence-electron chi connectivity index (χ4n) is 4.49. The van der Waals surface area contributed by atoms with Crippen LogP contribution in [0.25, 0.3) is 12.2 Å². The number of ketones is 2. The molecule has 3 aromatic rings. The highest BCUT2D eigenvalue weighted by atomic mass is 16.6. The molecular formula is C27H21NO7. The monoisotopic (exact) mass is 471 g/mol. The van der Waals surface area contributed by atoms with E-state index in [1.807, 2.05) is 0 Å². The summed E-state index contributed by atoms with van der Waals surface area (Å²) >= 11 is 0. The lowest BCUT2D eigenvalue weighted by Gasteiger charge is -2.32. The van der Waals surface area contributed by atoms with E-state index < -0.39 is 40.9 Å². The van der Waals surface area contributed by atoms with Crippen molar-refractivity contribution in [2.45, 2.75) is 25.0 Å². The van der Waals surface area contributed by atoms with Gasteiger partial charge in [0.1, 0.15) is 23.2 Å². The van der Waals surface area contributed by atoms with Gasteiger partial charge in [-0.15, -0.1) is 0 Å². The molecule has 2 atom stereocenters. The van der Waals surface area contributed by atoms with Crippen molar-refractivity contribution in [3.05, 3.63) is 87.3 Å². The molecule has 0 heterocycles. The van der Waals surface area contributed by atoms with Crippen LogP contribution >= 0.6 is 0 Å². The number of carbonyl (C=O) groups is 3. The van der Waals surface area contributed by atoms with E-state index in [2.05, 4.69) is 5.32 Å². The Hall–Kier alpha value is -4.43. The molecule has 2 aliphatic rings. The molecule has 1 unspecified atom stereocenters. The maximum absolute atomic E-state index is 13.1. The number of ether oxygens (including phenoxy) is 1. The van der Waals surface area contributed by atoms with E-state index in [0.717, 1.165) is 0 Å². The molecule has 8 heteroatoms. The number of fused-ring (bicyclic) bond motifs is 3. The van der Waals surface area contributed by atoms with Crippen molar-refractivity contribution in [3.63, 3.8) is 0 Å². The minimum Gasteiger partial charge on any atom is -0.507 e. The van der Waals surface area contributed by atoms with Gasteiger partial charge in [0, 0.05) is 33.7 Å². The molecule has 0 fully saturated rings. The highest BCUT2D eigenvalue weighted by molar-refractivity contribution is 6.30. The lowest BCUT2D eigenvalue weighted by molar-refractivity contribution is -0.0201. The number of benzene rings is 3. The zero-order chi connectivity index (χ0) is 24.9. The highest BCUT2D eigenvalue weighted by Gasteiger charge is 2.39. The standard InChI is InChI=1S/C27H21NO7/c1-14(35-26(33)28-15-7-3-2-4-8-15)27(34)12-11-18-19(13-27)25(32)21-20(24(18)31)22(29)16-9-5-6-10-17(16)23(21)30/h2-11,13-14,31-32,34H,12H2,1H3,(H,28,33)/t14-,27?/m1/s1. The van der Waals surface area contributed by atoms with Gasteiger partial charge < -0.3 is 20.1 Å². The number of amides is 1. The summed E-state index contributed by atoms with van der Waals surface area (Å²) in [5.41, 5.74) is -1.58. The van der Waals surface area contributed by atoms with Crippen LogP contribution in [0.5, 0.6) is 11.5 Å². The summed E-state index contributed by atoms with van der Waals surface area (Å²) in [5.74, 6) is -2.17. The fraction of sp³-hybridized carbons (Fsp3) is 0.148. The highest BCUT2D eigenvalue weighted by Crippen LogP contribution is 2.35. The minimum atomic E-state index is -1.75. The molecule has 0 saturated heterocycles. The van der Waals surface area contributed by atoms with Gasteiger partial charge in [0.05, 0.1) is 11.1 Å². The maximum atomic E-state index is 13.1. The van der Waals surface area contributed by atoms with Crippen LogP contribution in [0.2, 0.25) is 0 Å². The second-order valence-corrected chi connectivity index (χ2v) is 8.56. The van der Waals surface area contributed by atoms with Crippen molar-refractivity contribution in [2.24, 2.45) is 0 Å². The number of anilines is 1. The number of nitrogens with one attached hydrogen (secondary N) is 1. The molecule has 35 heavy (non-hydrogen) atoms. The van der Waals surface area contributed by atoms with Gasteiger partial charge in [0.15, 0.2) is 11.6 Å². The van der Waals surface area contributed by atoms with Crippen molar-refractivity contribution in [3.8, 4) is 11.5 Å². The maximum Gasteiger partial charge on any atom is 0.411 e. The Labute approximate surface area is 199 Å². The van der Waals surface area contributed by atoms with E-state index in [1.54, 1.807) is 42.5 Å². The van der Waals surface area contributed by atoms with Gasteiger partial charge >= 0.3 is 6.09 Å². The van der Waals surface area contributed by atoms with E-state index >= 15 is 0 Å². The van der Waals surface area contributed by atoms with Crippen LogP contribution in [0.15, 0.2) is 54.6 Å². The summed E-state index contributed by atoms with van der Waals surface area (Å²) < 4.78 is 5.36. The number of aromatic hydroxyl groups is 2. The SMILES string of the molecule is C[C@@H](OC(=O)Nc1ccccc1)C1(O)C=c2c(O)c3c(c(O)c2=CC1)C(=O)c1ccccc1C3=O. The summed E-state index contributed by atoms with van der Waals surface area (Å²) in [6, 6.07) is 14.8. The quantitative estimate of drug-likeness (QED) is 0.337. The Balaban J connectivity index is 1.54. The van der Waals surface area contributed by atoms with Crippen LogP contribution < -0.4 is 15.8 Å². The number of phenols is 2. The number of aliphatic hydroxyl groups is 1. The largest absolute Gasteiger partial charge is 0.507 e. The number of para-hydroxylation sites is 1. The van der Waals surface area contributed by atoms with Crippen LogP contribution in [0, 0.1) is 0 Å². The summed E-state index contributed by atoms with van der Waals surface area (Å²) in [7, 11) is 0. The molecule has 0 spiro atoms. The Bertz CT molecular complexity index is 1530. The van der Waals surface area contributed by atoms with Crippen LogP contribution in [-0.2, 0) is 4.74 Å². The van der Waals surface area contributed by atoms with Gasteiger partial charge in [0.2, 0.25) is 0 Å². The van der Waals surface area contributed by atoms with Gasteiger partial charge in [-0.25, -0.2) is 4.79 Å². The number of hydrogen-bond donors (Lipinski definition) is 4. The van der Waals surface area contributed by atoms with Crippen molar-refractivity contribution in [1.82, 2.24) is 0 Å². The normalized spacial score (nSPS) is 18.8. The molecule has 0 bridgehead atoms. The number of hydrogen-bond acceptors (Lipinski definition) is 7. The van der Waals surface area contributed by atoms with E-state index in [4.69, 9.17) is 4.74 Å². The Morgan fingerprint density at radius 1 is 0.914 bits per heavy atom. The van der Waals surface area contributed by atoms with E-state index in [-0.39, 0.29) is 39.1 Å². The molecule has 5 rings (SSSR count). The van der Waals surface area contributed by atoms with E-state index in [9.17, 15) is 29.7 Å². The summed E-state index contributed by atoms with van der Waals surface area (Å²) in [5, 5.41) is 35.9. The molecule has 0 aliphatic heterocycles. The van der Waals surface area contributed by atoms with Crippen molar-refractivity contribution < 1.29 is 34.4 Å². The van der Waals surface area contributed by atoms with Gasteiger partial charge in [-0.3, -0.25) is 14.9 Å². The molecule has 0 aromatic heterocycles. The zero-order valence-corrected chi connectivity index (χ0v) is 18.6. The third kappa shape index (κ3) is 3.55. The molecular weight excluding hydrogens is 450 g/mol. The van der Waals surface area contributed by atoms with Gasteiger partial charge in [0.25, 0.3) is 0 Å². The Morgan fingerprint density at radius 2 is 1.46 bits per heavy atom. The van der Waals surface area contributed by atoms with Crippen LogP contribution in [-0.4, -0.2) is 44.7 Å². The molecule has 0 saturated carbocycles. The molecule has 4 N–H and O–H groups in total. The average Bonchev–Trinajstić information content (AvgIpc) is 2.85. The van der Waals surface area contributed by atoms with E-state index in [0.29, 0.717) is 5.69 Å². The predicted molar refractivity (Wildman–Crippen MR) is 127 cm³/mol. The number of carbonyl (C=O) groups excluding carboxylic acids is 3. The van der Waals surface area contributed by atoms with Gasteiger partial charge in [-0.05, 0) is 25.1 Å². The zero-order valence-electron chi connectivity index (χ0n) is 18.6. The second kappa shape index (κ2) is 8.11. The third-order valence-electron chi connectivity index (χ3n) is 6.43. The lowest BCUT2D eigenvalue weighted by atomic mass is 9.80. The molecule has 0 radical (unpaired) electrons. The Kier molecular flexibility index (Phi) is 5.18. The average molecular weight is 471 g/mol. The smallest absolute Gasteiger partial charge is 0.411 e. The third-order valence-corrected chi connectivity index (χ3v) is 6.43. The first kappa shape index (κ1) is 22.4. The number of rotatable bonds is 3. The van der Waals surface area contributed by atoms with Gasteiger partial charge in [-0.1, -0.05) is 48.5 Å². The molecule has 2 aliphatic carbocycles. The first-order valence-electron chi connectivity index (χ1n) is 11.0. The second-order valence-electron chi connectivity index (χ2n) is 8.56. The fourth-order valence-corrected chi connectivity index (χ4v) is 4.49. The minimum absolute atomic E-state index is 0.0190. The summed E-state index contributed by atoms with van der Waals surface area (Å²) in [6.07, 6.45) is 0.760. The first-order valence-corrected chi connectivity index (χ1v) is 11.0. The summed E-state index contributed by atoms with van der Waals surface area (Å²) in [4.78, 5) is 38.5. The summed E-state index contributed by atoms with van der Waals surface area (Å²) in [6.45, 7) is 1.49. The van der Waals surface area contributed by atoms with E-state index in [1.165, 1.54) is 31.2 Å². The predicted octanol–water partition coefficient (Wildman–Crippen LogP) is 2.21. The number of phenolic OH excluding ortho intramolecular Hbond substituents is 2. The molecule has 3 aromatic carbocycles. The molecule has 176 valence electrons. The Morgan fingerprint density at radius 3 is 2.06 bits per heavy atom. The van der Waals surface area contributed by atoms with Gasteiger partial charge in [-0.2, -0.15) is 0 Å². The van der Waals surface area contributed by atoms with Crippen LogP contribution in [0.3, 0.4) is 0 Å². The lowest BCUT2D eigenvalue weighted by Crippen LogP contribution is -2.48. The molecule has 8 nitrogen and oxygen atoms in total. The molecule has 1 amide bonds. The van der Waals surface area contributed by atoms with Crippen LogP contribution in [0.1, 0.15) is 45.2 Å². The topological polar surface area (TPSA) is 133 Å². The van der Waals surface area contributed by atoms with Crippen molar-refractivity contribution >= 4 is 35.5 Å². The van der Waals surface area contributed by atoms with Crippen molar-refractivity contribution in [1.29, 1.82) is 0 Å². The first-order chi connectivity index (χ1) is 16.7. The van der Waals surface area contributed by atoms with Crippen molar-refractivity contribution in [2.75, 3.05) is 5.32 Å².